The van der Waals surface area contributed by atoms with E-state index in [9.17, 15) is 4.79 Å². The zero-order valence-electron chi connectivity index (χ0n) is 9.85. The molecule has 2 rings (SSSR count). The molecule has 0 aliphatic heterocycles. The van der Waals surface area contributed by atoms with Crippen molar-refractivity contribution in [2.24, 2.45) is 0 Å². The lowest BCUT2D eigenvalue weighted by atomic mass is 9.86. The van der Waals surface area contributed by atoms with Crippen LogP contribution < -0.4 is 4.74 Å². The molecule has 1 aromatic rings. The van der Waals surface area contributed by atoms with Crippen LogP contribution in [0.25, 0.3) is 0 Å². The summed E-state index contributed by atoms with van der Waals surface area (Å²) in [6, 6.07) is 1.71. The van der Waals surface area contributed by atoms with Gasteiger partial charge in [0.1, 0.15) is 0 Å². The molecule has 0 aromatic carbocycles. The third-order valence-electron chi connectivity index (χ3n) is 3.15. The molecule has 5 nitrogen and oxygen atoms in total. The lowest BCUT2D eigenvalue weighted by Gasteiger charge is -2.21. The van der Waals surface area contributed by atoms with Gasteiger partial charge < -0.3 is 9.84 Å². The summed E-state index contributed by atoms with van der Waals surface area (Å²) in [4.78, 5) is 19.0. The van der Waals surface area contributed by atoms with Crippen molar-refractivity contribution in [3.8, 4) is 6.01 Å². The smallest absolute Gasteiger partial charge is 0.354 e. The molecule has 1 aliphatic rings. The van der Waals surface area contributed by atoms with Gasteiger partial charge in [-0.3, -0.25) is 0 Å². The van der Waals surface area contributed by atoms with Gasteiger partial charge >= 0.3 is 12.0 Å². The highest BCUT2D eigenvalue weighted by Crippen LogP contribution is 2.32. The van der Waals surface area contributed by atoms with Crippen LogP contribution in [0.4, 0.5) is 0 Å². The quantitative estimate of drug-likeness (QED) is 0.871. The number of carbonyl (C=O) groups is 1. The first-order chi connectivity index (χ1) is 8.20. The van der Waals surface area contributed by atoms with Crippen molar-refractivity contribution < 1.29 is 14.6 Å². The zero-order chi connectivity index (χ0) is 12.3. The first-order valence-corrected chi connectivity index (χ1v) is 5.87. The molecular weight excluding hydrogens is 220 g/mol. The summed E-state index contributed by atoms with van der Waals surface area (Å²) in [7, 11) is 1.45. The number of carboxylic acid groups (broad SMARTS) is 1. The Balaban J connectivity index is 2.31. The predicted octanol–water partition coefficient (Wildman–Crippen LogP) is 2.23. The number of hydrogen-bond acceptors (Lipinski definition) is 4. The van der Waals surface area contributed by atoms with Crippen molar-refractivity contribution in [3.63, 3.8) is 0 Å². The maximum atomic E-state index is 11.0. The Morgan fingerprint density at radius 1 is 1.35 bits per heavy atom. The fraction of sp³-hybridized carbons (Fsp3) is 0.583. The monoisotopic (exact) mass is 236 g/mol. The maximum Gasteiger partial charge on any atom is 0.354 e. The minimum absolute atomic E-state index is 0.0115. The Morgan fingerprint density at radius 2 is 2.06 bits per heavy atom. The third kappa shape index (κ3) is 2.72. The summed E-state index contributed by atoms with van der Waals surface area (Å²) in [5.74, 6) is -0.693. The molecule has 1 aromatic heterocycles. The first-order valence-electron chi connectivity index (χ1n) is 5.87. The van der Waals surface area contributed by atoms with Gasteiger partial charge in [0.05, 0.1) is 12.8 Å². The number of hydrogen-bond donors (Lipinski definition) is 1. The highest BCUT2D eigenvalue weighted by molar-refractivity contribution is 5.85. The van der Waals surface area contributed by atoms with E-state index in [1.54, 1.807) is 6.07 Å². The highest BCUT2D eigenvalue weighted by Gasteiger charge is 2.20. The van der Waals surface area contributed by atoms with Gasteiger partial charge in [-0.05, 0) is 18.9 Å². The van der Waals surface area contributed by atoms with E-state index in [0.29, 0.717) is 5.92 Å². The fourth-order valence-corrected chi connectivity index (χ4v) is 2.25. The molecule has 0 amide bonds. The number of rotatable bonds is 3. The summed E-state index contributed by atoms with van der Waals surface area (Å²) >= 11 is 0. The molecule has 1 heterocycles. The van der Waals surface area contributed by atoms with Gasteiger partial charge in [-0.15, -0.1) is 0 Å². The van der Waals surface area contributed by atoms with Crippen LogP contribution in [0.5, 0.6) is 6.01 Å². The Kier molecular flexibility index (Phi) is 3.56. The van der Waals surface area contributed by atoms with Crippen LogP contribution in [0.2, 0.25) is 0 Å². The van der Waals surface area contributed by atoms with Gasteiger partial charge in [0.15, 0.2) is 5.69 Å². The average Bonchev–Trinajstić information content (AvgIpc) is 2.39. The topological polar surface area (TPSA) is 72.3 Å². The second-order valence-electron chi connectivity index (χ2n) is 4.30. The molecule has 0 unspecified atom stereocenters. The predicted molar refractivity (Wildman–Crippen MR) is 61.4 cm³/mol. The average molecular weight is 236 g/mol. The van der Waals surface area contributed by atoms with E-state index in [1.807, 2.05) is 0 Å². The van der Waals surface area contributed by atoms with E-state index in [-0.39, 0.29) is 11.7 Å². The number of aromatic nitrogens is 2. The highest BCUT2D eigenvalue weighted by atomic mass is 16.5. The zero-order valence-corrected chi connectivity index (χ0v) is 9.85. The number of ether oxygens (including phenoxy) is 1. The number of nitrogens with zero attached hydrogens (tertiary/aromatic N) is 2. The Hall–Kier alpha value is -1.65. The molecule has 1 saturated carbocycles. The van der Waals surface area contributed by atoms with Gasteiger partial charge in [-0.2, -0.15) is 9.97 Å². The van der Waals surface area contributed by atoms with E-state index >= 15 is 0 Å². The number of methoxy groups -OCH3 is 1. The van der Waals surface area contributed by atoms with E-state index in [2.05, 4.69) is 9.97 Å². The van der Waals surface area contributed by atoms with Crippen molar-refractivity contribution in [3.05, 3.63) is 17.5 Å². The normalized spacial score (nSPS) is 16.8. The molecular formula is C12H16N2O3. The SMILES string of the molecule is COc1nc(C(=O)O)cc(C2CCCCC2)n1. The number of carboxylic acids is 1. The van der Waals surface area contributed by atoms with E-state index < -0.39 is 5.97 Å². The van der Waals surface area contributed by atoms with E-state index in [4.69, 9.17) is 9.84 Å². The first kappa shape index (κ1) is 11.8. The van der Waals surface area contributed by atoms with Gasteiger partial charge in [0, 0.05) is 5.92 Å². The fourth-order valence-electron chi connectivity index (χ4n) is 2.25. The molecule has 92 valence electrons. The molecule has 0 spiro atoms. The third-order valence-corrected chi connectivity index (χ3v) is 3.15. The Bertz CT molecular complexity index is 414. The summed E-state index contributed by atoms with van der Waals surface area (Å²) in [5.41, 5.74) is 0.811. The van der Waals surface area contributed by atoms with Crippen LogP contribution in [-0.2, 0) is 0 Å². The van der Waals surface area contributed by atoms with Gasteiger partial charge in [0.25, 0.3) is 0 Å². The Morgan fingerprint density at radius 3 is 2.65 bits per heavy atom. The standard InChI is InChI=1S/C12H16N2O3/c1-17-12-13-9(7-10(14-12)11(15)16)8-5-3-2-4-6-8/h7-8H,2-6H2,1H3,(H,15,16). The van der Waals surface area contributed by atoms with Crippen LogP contribution >= 0.6 is 0 Å². The second kappa shape index (κ2) is 5.12. The molecule has 1 fully saturated rings. The summed E-state index contributed by atoms with van der Waals surface area (Å²) in [6.45, 7) is 0. The molecule has 0 atom stereocenters. The summed E-state index contributed by atoms with van der Waals surface area (Å²) in [5, 5.41) is 8.98. The maximum absolute atomic E-state index is 11.0. The lowest BCUT2D eigenvalue weighted by Crippen LogP contribution is -2.11. The van der Waals surface area contributed by atoms with Crippen LogP contribution in [-0.4, -0.2) is 28.2 Å². The van der Waals surface area contributed by atoms with Gasteiger partial charge in [-0.1, -0.05) is 19.3 Å². The van der Waals surface area contributed by atoms with Crippen molar-refractivity contribution in [1.29, 1.82) is 0 Å². The van der Waals surface area contributed by atoms with Gasteiger partial charge in [0.2, 0.25) is 0 Å². The van der Waals surface area contributed by atoms with E-state index in [0.717, 1.165) is 18.5 Å². The minimum atomic E-state index is -1.04. The molecule has 5 heteroatoms. The molecule has 0 radical (unpaired) electrons. The van der Waals surface area contributed by atoms with Crippen LogP contribution in [0.1, 0.15) is 54.2 Å². The van der Waals surface area contributed by atoms with Crippen molar-refractivity contribution in [2.75, 3.05) is 7.11 Å². The van der Waals surface area contributed by atoms with Crippen molar-refractivity contribution in [1.82, 2.24) is 9.97 Å². The van der Waals surface area contributed by atoms with Crippen molar-refractivity contribution >= 4 is 5.97 Å². The van der Waals surface area contributed by atoms with Crippen molar-refractivity contribution in [2.45, 2.75) is 38.0 Å². The lowest BCUT2D eigenvalue weighted by molar-refractivity contribution is 0.0688. The molecule has 1 N–H and O–H groups in total. The second-order valence-corrected chi connectivity index (χ2v) is 4.30. The summed E-state index contributed by atoms with van der Waals surface area (Å²) in [6.07, 6.45) is 5.75. The largest absolute Gasteiger partial charge is 0.477 e. The van der Waals surface area contributed by atoms with Crippen LogP contribution in [0, 0.1) is 0 Å². The molecule has 17 heavy (non-hydrogen) atoms. The molecule has 0 bridgehead atoms. The number of aromatic carboxylic acids is 1. The summed E-state index contributed by atoms with van der Waals surface area (Å²) < 4.78 is 4.95. The van der Waals surface area contributed by atoms with Crippen LogP contribution in [0.15, 0.2) is 6.07 Å². The molecule has 0 saturated heterocycles. The Labute approximate surface area is 99.9 Å². The van der Waals surface area contributed by atoms with Gasteiger partial charge in [-0.25, -0.2) is 4.79 Å². The van der Waals surface area contributed by atoms with E-state index in [1.165, 1.54) is 26.4 Å². The molecule has 1 aliphatic carbocycles. The minimum Gasteiger partial charge on any atom is -0.477 e. The van der Waals surface area contributed by atoms with Crippen LogP contribution in [0.3, 0.4) is 0 Å².